The van der Waals surface area contributed by atoms with Gasteiger partial charge in [-0.05, 0) is 36.5 Å². The second-order valence-electron chi connectivity index (χ2n) is 8.29. The van der Waals surface area contributed by atoms with Crippen LogP contribution in [-0.4, -0.2) is 46.7 Å². The lowest BCUT2D eigenvalue weighted by molar-refractivity contribution is 0.193. The van der Waals surface area contributed by atoms with E-state index in [2.05, 4.69) is 29.0 Å². The minimum absolute atomic E-state index is 0.0749. The standard InChI is InChI=1S/C22H29FN4O2S/c1-3-14(2)19-12-27(20-10-15(23)4-5-18(19)20)16-6-8-26(9-7-16)22(29)25-21-24-11-17(13-28)30-21/h4-5,10-11,14,16,19,28H,3,6-9,12-13H2,1-2H3,(H,24,25,29). The fourth-order valence-electron chi connectivity index (χ4n) is 4.59. The van der Waals surface area contributed by atoms with Gasteiger partial charge >= 0.3 is 6.03 Å². The fourth-order valence-corrected chi connectivity index (χ4v) is 5.26. The molecule has 3 heterocycles. The topological polar surface area (TPSA) is 68.7 Å². The lowest BCUT2D eigenvalue weighted by atomic mass is 9.87. The first-order valence-corrected chi connectivity index (χ1v) is 11.5. The monoisotopic (exact) mass is 432 g/mol. The summed E-state index contributed by atoms with van der Waals surface area (Å²) in [6.07, 6.45) is 4.39. The number of rotatable bonds is 5. The van der Waals surface area contributed by atoms with Gasteiger partial charge in [0.2, 0.25) is 0 Å². The number of anilines is 2. The Morgan fingerprint density at radius 3 is 2.83 bits per heavy atom. The number of hydrogen-bond donors (Lipinski definition) is 2. The van der Waals surface area contributed by atoms with Crippen LogP contribution in [0.25, 0.3) is 0 Å². The van der Waals surface area contributed by atoms with Crippen molar-refractivity contribution in [1.29, 1.82) is 0 Å². The van der Waals surface area contributed by atoms with Gasteiger partial charge in [0.25, 0.3) is 0 Å². The molecule has 0 aliphatic carbocycles. The Kier molecular flexibility index (Phi) is 6.24. The van der Waals surface area contributed by atoms with Gasteiger partial charge < -0.3 is 14.9 Å². The van der Waals surface area contributed by atoms with Crippen LogP contribution in [-0.2, 0) is 6.61 Å². The van der Waals surface area contributed by atoms with Crippen molar-refractivity contribution in [2.45, 2.75) is 51.7 Å². The maximum absolute atomic E-state index is 14.0. The zero-order valence-electron chi connectivity index (χ0n) is 17.5. The average molecular weight is 433 g/mol. The van der Waals surface area contributed by atoms with Gasteiger partial charge in [-0.1, -0.05) is 37.7 Å². The molecule has 1 saturated heterocycles. The molecule has 30 heavy (non-hydrogen) atoms. The summed E-state index contributed by atoms with van der Waals surface area (Å²) in [6, 6.07) is 5.37. The zero-order chi connectivity index (χ0) is 21.3. The van der Waals surface area contributed by atoms with Crippen LogP contribution in [0.3, 0.4) is 0 Å². The molecule has 1 fully saturated rings. The van der Waals surface area contributed by atoms with Crippen LogP contribution >= 0.6 is 11.3 Å². The van der Waals surface area contributed by atoms with Crippen molar-refractivity contribution in [3.05, 3.63) is 40.7 Å². The molecule has 4 rings (SSSR count). The van der Waals surface area contributed by atoms with Gasteiger partial charge in [0.1, 0.15) is 5.82 Å². The second kappa shape index (κ2) is 8.89. The molecule has 8 heteroatoms. The Morgan fingerprint density at radius 1 is 1.40 bits per heavy atom. The number of likely N-dealkylation sites (tertiary alicyclic amines) is 1. The summed E-state index contributed by atoms with van der Waals surface area (Å²) in [4.78, 5) is 21.6. The van der Waals surface area contributed by atoms with E-state index in [0.29, 0.717) is 36.1 Å². The predicted molar refractivity (Wildman–Crippen MR) is 118 cm³/mol. The number of fused-ring (bicyclic) bond motifs is 1. The van der Waals surface area contributed by atoms with Gasteiger partial charge in [-0.2, -0.15) is 0 Å². The largest absolute Gasteiger partial charge is 0.391 e. The number of aliphatic hydroxyl groups excluding tert-OH is 1. The van der Waals surface area contributed by atoms with Gasteiger partial charge in [-0.3, -0.25) is 5.32 Å². The smallest absolute Gasteiger partial charge is 0.323 e. The highest BCUT2D eigenvalue weighted by atomic mass is 32.1. The van der Waals surface area contributed by atoms with Gasteiger partial charge in [0.15, 0.2) is 5.13 Å². The lowest BCUT2D eigenvalue weighted by Crippen LogP contribution is -2.48. The minimum Gasteiger partial charge on any atom is -0.391 e. The first kappa shape index (κ1) is 21.1. The fraction of sp³-hybridized carbons (Fsp3) is 0.545. The molecule has 1 aromatic carbocycles. The van der Waals surface area contributed by atoms with E-state index in [4.69, 9.17) is 5.11 Å². The van der Waals surface area contributed by atoms with Gasteiger partial charge in [0, 0.05) is 43.5 Å². The molecule has 1 aromatic heterocycles. The van der Waals surface area contributed by atoms with Crippen LogP contribution in [0, 0.1) is 11.7 Å². The van der Waals surface area contributed by atoms with Crippen LogP contribution in [0.15, 0.2) is 24.4 Å². The number of hydrogen-bond acceptors (Lipinski definition) is 5. The molecule has 0 bridgehead atoms. The van der Waals surface area contributed by atoms with Crippen molar-refractivity contribution >= 4 is 28.2 Å². The van der Waals surface area contributed by atoms with E-state index < -0.39 is 0 Å². The molecular weight excluding hydrogens is 403 g/mol. The molecule has 2 N–H and O–H groups in total. The van der Waals surface area contributed by atoms with Crippen LogP contribution in [0.4, 0.5) is 20.0 Å². The van der Waals surface area contributed by atoms with Crippen LogP contribution in [0.2, 0.25) is 0 Å². The van der Waals surface area contributed by atoms with E-state index in [9.17, 15) is 9.18 Å². The van der Waals surface area contributed by atoms with Crippen LogP contribution < -0.4 is 10.2 Å². The summed E-state index contributed by atoms with van der Waals surface area (Å²) in [6.45, 7) is 6.64. The maximum atomic E-state index is 14.0. The van der Waals surface area contributed by atoms with Gasteiger partial charge in [0.05, 0.1) is 11.5 Å². The number of nitrogens with one attached hydrogen (secondary N) is 1. The minimum atomic E-state index is -0.189. The van der Waals surface area contributed by atoms with Crippen molar-refractivity contribution in [2.75, 3.05) is 29.9 Å². The molecule has 2 atom stereocenters. The molecule has 2 aliphatic rings. The normalized spacial score (nSPS) is 20.3. The SMILES string of the molecule is CCC(C)C1CN(C2CCN(C(=O)Nc3ncc(CO)s3)CC2)c2cc(F)ccc21. The third kappa shape index (κ3) is 4.16. The highest BCUT2D eigenvalue weighted by Gasteiger charge is 2.37. The van der Waals surface area contributed by atoms with Crippen LogP contribution in [0.1, 0.15) is 49.5 Å². The van der Waals surface area contributed by atoms with Gasteiger partial charge in [-0.25, -0.2) is 14.2 Å². The highest BCUT2D eigenvalue weighted by Crippen LogP contribution is 2.43. The predicted octanol–water partition coefficient (Wildman–Crippen LogP) is 4.42. The summed E-state index contributed by atoms with van der Waals surface area (Å²) in [5.41, 5.74) is 2.29. The number of carbonyl (C=O) groups is 1. The van der Waals surface area contributed by atoms with Crippen molar-refractivity contribution < 1.29 is 14.3 Å². The number of piperidine rings is 1. The Labute approximate surface area is 180 Å². The number of halogens is 1. The van der Waals surface area contributed by atoms with E-state index in [-0.39, 0.29) is 18.5 Å². The number of nitrogens with zero attached hydrogens (tertiary/aromatic N) is 3. The molecule has 0 saturated carbocycles. The highest BCUT2D eigenvalue weighted by molar-refractivity contribution is 7.15. The molecule has 162 valence electrons. The Morgan fingerprint density at radius 2 is 2.17 bits per heavy atom. The average Bonchev–Trinajstić information content (AvgIpc) is 3.37. The Hall–Kier alpha value is -2.19. The molecule has 6 nitrogen and oxygen atoms in total. The Bertz CT molecular complexity index is 897. The second-order valence-corrected chi connectivity index (χ2v) is 9.40. The number of aromatic nitrogens is 1. The number of aliphatic hydroxyl groups is 1. The Balaban J connectivity index is 1.40. The van der Waals surface area contributed by atoms with E-state index in [1.165, 1.54) is 16.9 Å². The number of benzene rings is 1. The summed E-state index contributed by atoms with van der Waals surface area (Å²) in [5.74, 6) is 0.788. The van der Waals surface area contributed by atoms with Crippen molar-refractivity contribution in [1.82, 2.24) is 9.88 Å². The third-order valence-electron chi connectivity index (χ3n) is 6.54. The first-order chi connectivity index (χ1) is 14.5. The summed E-state index contributed by atoms with van der Waals surface area (Å²) in [5, 5.41) is 12.5. The first-order valence-electron chi connectivity index (χ1n) is 10.7. The van der Waals surface area contributed by atoms with Crippen molar-refractivity contribution in [3.63, 3.8) is 0 Å². The molecular formula is C22H29FN4O2S. The molecule has 2 unspecified atom stereocenters. The number of amides is 2. The van der Waals surface area contributed by atoms with E-state index in [1.54, 1.807) is 18.3 Å². The van der Waals surface area contributed by atoms with Crippen molar-refractivity contribution in [3.8, 4) is 0 Å². The summed E-state index contributed by atoms with van der Waals surface area (Å²) < 4.78 is 14.0. The summed E-state index contributed by atoms with van der Waals surface area (Å²) >= 11 is 1.28. The van der Waals surface area contributed by atoms with Crippen molar-refractivity contribution in [2.24, 2.45) is 5.92 Å². The maximum Gasteiger partial charge on any atom is 0.323 e. The van der Waals surface area contributed by atoms with Crippen LogP contribution in [0.5, 0.6) is 0 Å². The van der Waals surface area contributed by atoms with E-state index in [1.807, 2.05) is 11.0 Å². The quantitative estimate of drug-likeness (QED) is 0.734. The molecule has 2 aromatic rings. The number of carbonyl (C=O) groups excluding carboxylic acids is 1. The summed E-state index contributed by atoms with van der Waals surface area (Å²) in [7, 11) is 0. The van der Waals surface area contributed by atoms with E-state index in [0.717, 1.165) is 36.4 Å². The molecule has 0 radical (unpaired) electrons. The lowest BCUT2D eigenvalue weighted by Gasteiger charge is -2.38. The van der Waals surface area contributed by atoms with Gasteiger partial charge in [-0.15, -0.1) is 0 Å². The zero-order valence-corrected chi connectivity index (χ0v) is 18.3. The number of urea groups is 1. The molecule has 2 amide bonds. The molecule has 2 aliphatic heterocycles. The number of thiazole rings is 1. The third-order valence-corrected chi connectivity index (χ3v) is 7.44. The molecule has 0 spiro atoms. The van der Waals surface area contributed by atoms with E-state index >= 15 is 0 Å².